The Balaban J connectivity index is 2.46. The number of carbonyl (C=O) groups is 2. The van der Waals surface area contributed by atoms with Gasteiger partial charge in [0.25, 0.3) is 0 Å². The van der Waals surface area contributed by atoms with Crippen LogP contribution in [-0.4, -0.2) is 23.1 Å². The van der Waals surface area contributed by atoms with Crippen LogP contribution < -0.4 is 0 Å². The van der Waals surface area contributed by atoms with Gasteiger partial charge >= 0.3 is 11.9 Å². The van der Waals surface area contributed by atoms with E-state index in [9.17, 15) is 14.7 Å². The molecule has 4 heteroatoms. The van der Waals surface area contributed by atoms with E-state index in [1.165, 1.54) is 6.42 Å². The van der Waals surface area contributed by atoms with E-state index in [1.807, 2.05) is 6.92 Å². The lowest BCUT2D eigenvalue weighted by atomic mass is 9.78. The second-order valence-electron chi connectivity index (χ2n) is 5.71. The van der Waals surface area contributed by atoms with Gasteiger partial charge in [0.15, 0.2) is 0 Å². The van der Waals surface area contributed by atoms with Gasteiger partial charge in [-0.3, -0.25) is 9.59 Å². The Morgan fingerprint density at radius 1 is 1.35 bits per heavy atom. The van der Waals surface area contributed by atoms with Crippen molar-refractivity contribution in [2.75, 3.05) is 0 Å². The van der Waals surface area contributed by atoms with E-state index in [0.29, 0.717) is 0 Å². The summed E-state index contributed by atoms with van der Waals surface area (Å²) < 4.78 is 5.27. The number of rotatable bonds is 8. The normalized spacial score (nSPS) is 19.1. The fourth-order valence-electron chi connectivity index (χ4n) is 2.86. The van der Waals surface area contributed by atoms with Gasteiger partial charge in [-0.1, -0.05) is 25.3 Å². The third-order valence-corrected chi connectivity index (χ3v) is 4.03. The van der Waals surface area contributed by atoms with Crippen LogP contribution in [0.2, 0.25) is 0 Å². The SMILES string of the molecule is C=CCCC(C)OC(=O)C[C@H](C(=O)O)C1CCCCC1. The molecule has 0 amide bonds. The van der Waals surface area contributed by atoms with Crippen molar-refractivity contribution in [3.63, 3.8) is 0 Å². The van der Waals surface area contributed by atoms with Gasteiger partial charge in [-0.15, -0.1) is 6.58 Å². The first kappa shape index (κ1) is 16.7. The molecular weight excluding hydrogens is 256 g/mol. The molecule has 0 aromatic carbocycles. The Kier molecular flexibility index (Phi) is 7.34. The maximum atomic E-state index is 11.9. The highest BCUT2D eigenvalue weighted by Gasteiger charge is 2.32. The van der Waals surface area contributed by atoms with Crippen molar-refractivity contribution in [3.05, 3.63) is 12.7 Å². The van der Waals surface area contributed by atoms with Gasteiger partial charge in [0.05, 0.1) is 18.4 Å². The topological polar surface area (TPSA) is 63.6 Å². The van der Waals surface area contributed by atoms with Crippen LogP contribution in [0, 0.1) is 11.8 Å². The molecule has 0 spiro atoms. The summed E-state index contributed by atoms with van der Waals surface area (Å²) in [6, 6.07) is 0. The van der Waals surface area contributed by atoms with Crippen molar-refractivity contribution in [1.29, 1.82) is 0 Å². The standard InChI is InChI=1S/C16H26O4/c1-3-4-8-12(2)20-15(17)11-14(16(18)19)13-9-6-5-7-10-13/h3,12-14H,1,4-11H2,2H3,(H,18,19)/t12?,14-/m0/s1. The van der Waals surface area contributed by atoms with Crippen LogP contribution in [0.4, 0.5) is 0 Å². The summed E-state index contributed by atoms with van der Waals surface area (Å²) >= 11 is 0. The quantitative estimate of drug-likeness (QED) is 0.546. The van der Waals surface area contributed by atoms with Gasteiger partial charge < -0.3 is 9.84 Å². The predicted molar refractivity (Wildman–Crippen MR) is 77.3 cm³/mol. The first-order chi connectivity index (χ1) is 9.54. The van der Waals surface area contributed by atoms with Gasteiger partial charge in [0.2, 0.25) is 0 Å². The van der Waals surface area contributed by atoms with E-state index in [4.69, 9.17) is 4.74 Å². The zero-order valence-corrected chi connectivity index (χ0v) is 12.3. The first-order valence-electron chi connectivity index (χ1n) is 7.57. The van der Waals surface area contributed by atoms with Crippen LogP contribution in [0.5, 0.6) is 0 Å². The lowest BCUT2D eigenvalue weighted by Gasteiger charge is -2.27. The van der Waals surface area contributed by atoms with Crippen molar-refractivity contribution in [3.8, 4) is 0 Å². The highest BCUT2D eigenvalue weighted by molar-refractivity contribution is 5.79. The number of allylic oxidation sites excluding steroid dienone is 1. The summed E-state index contributed by atoms with van der Waals surface area (Å²) in [5.41, 5.74) is 0. The molecule has 114 valence electrons. The molecule has 1 aliphatic rings. The summed E-state index contributed by atoms with van der Waals surface area (Å²) in [6.07, 6.45) is 8.26. The van der Waals surface area contributed by atoms with Gasteiger partial charge in [-0.25, -0.2) is 0 Å². The second-order valence-corrected chi connectivity index (χ2v) is 5.71. The van der Waals surface area contributed by atoms with Crippen LogP contribution in [0.15, 0.2) is 12.7 Å². The molecule has 1 N–H and O–H groups in total. The third kappa shape index (κ3) is 5.76. The molecule has 0 radical (unpaired) electrons. The number of carbonyl (C=O) groups excluding carboxylic acids is 1. The maximum Gasteiger partial charge on any atom is 0.307 e. The number of ether oxygens (including phenoxy) is 1. The molecule has 0 saturated heterocycles. The largest absolute Gasteiger partial charge is 0.481 e. The fourth-order valence-corrected chi connectivity index (χ4v) is 2.86. The highest BCUT2D eigenvalue weighted by atomic mass is 16.5. The first-order valence-corrected chi connectivity index (χ1v) is 7.57. The smallest absolute Gasteiger partial charge is 0.307 e. The Morgan fingerprint density at radius 3 is 2.55 bits per heavy atom. The van der Waals surface area contributed by atoms with E-state index < -0.39 is 11.9 Å². The molecule has 0 bridgehead atoms. The average Bonchev–Trinajstić information content (AvgIpc) is 2.43. The Labute approximate surface area is 121 Å². The number of carboxylic acids is 1. The lowest BCUT2D eigenvalue weighted by molar-refractivity contribution is -0.156. The molecule has 0 aliphatic heterocycles. The molecular formula is C16H26O4. The van der Waals surface area contributed by atoms with Crippen LogP contribution in [-0.2, 0) is 14.3 Å². The lowest BCUT2D eigenvalue weighted by Crippen LogP contribution is -2.29. The van der Waals surface area contributed by atoms with Crippen LogP contribution in [0.3, 0.4) is 0 Å². The molecule has 0 heterocycles. The van der Waals surface area contributed by atoms with Gasteiger partial charge in [-0.2, -0.15) is 0 Å². The van der Waals surface area contributed by atoms with Crippen molar-refractivity contribution in [1.82, 2.24) is 0 Å². The summed E-state index contributed by atoms with van der Waals surface area (Å²) in [6.45, 7) is 5.46. The molecule has 1 fully saturated rings. The van der Waals surface area contributed by atoms with Gasteiger partial charge in [0.1, 0.15) is 0 Å². The monoisotopic (exact) mass is 282 g/mol. The minimum absolute atomic E-state index is 0.00156. The summed E-state index contributed by atoms with van der Waals surface area (Å²) in [5.74, 6) is -1.72. The fraction of sp³-hybridized carbons (Fsp3) is 0.750. The van der Waals surface area contributed by atoms with Crippen molar-refractivity contribution >= 4 is 11.9 Å². The van der Waals surface area contributed by atoms with Gasteiger partial charge in [0, 0.05) is 0 Å². The molecule has 2 atom stereocenters. The van der Waals surface area contributed by atoms with E-state index in [1.54, 1.807) is 6.08 Å². The number of hydrogen-bond acceptors (Lipinski definition) is 3. The van der Waals surface area contributed by atoms with Crippen molar-refractivity contribution < 1.29 is 19.4 Å². The van der Waals surface area contributed by atoms with Crippen LogP contribution >= 0.6 is 0 Å². The zero-order valence-electron chi connectivity index (χ0n) is 12.3. The number of aliphatic carboxylic acids is 1. The Bertz CT molecular complexity index is 331. The highest BCUT2D eigenvalue weighted by Crippen LogP contribution is 2.32. The zero-order chi connectivity index (χ0) is 15.0. The minimum Gasteiger partial charge on any atom is -0.481 e. The van der Waals surface area contributed by atoms with Crippen molar-refractivity contribution in [2.45, 2.75) is 64.4 Å². The Hall–Kier alpha value is -1.32. The maximum absolute atomic E-state index is 11.9. The average molecular weight is 282 g/mol. The van der Waals surface area contributed by atoms with Gasteiger partial charge in [-0.05, 0) is 38.5 Å². The molecule has 1 saturated carbocycles. The second kappa shape index (κ2) is 8.77. The summed E-state index contributed by atoms with van der Waals surface area (Å²) in [5, 5.41) is 9.33. The minimum atomic E-state index is -0.868. The Morgan fingerprint density at radius 2 is 2.00 bits per heavy atom. The van der Waals surface area contributed by atoms with Crippen LogP contribution in [0.25, 0.3) is 0 Å². The molecule has 1 rings (SSSR count). The predicted octanol–water partition coefficient (Wildman–Crippen LogP) is 3.56. The number of hydrogen-bond donors (Lipinski definition) is 1. The molecule has 0 aromatic heterocycles. The van der Waals surface area contributed by atoms with Crippen molar-refractivity contribution in [2.24, 2.45) is 11.8 Å². The third-order valence-electron chi connectivity index (χ3n) is 4.03. The molecule has 1 aliphatic carbocycles. The van der Waals surface area contributed by atoms with E-state index in [0.717, 1.165) is 38.5 Å². The van der Waals surface area contributed by atoms with Crippen LogP contribution in [0.1, 0.15) is 58.3 Å². The van der Waals surface area contributed by atoms with E-state index in [-0.39, 0.29) is 24.4 Å². The molecule has 20 heavy (non-hydrogen) atoms. The summed E-state index contributed by atoms with van der Waals surface area (Å²) in [7, 11) is 0. The van der Waals surface area contributed by atoms with E-state index >= 15 is 0 Å². The van der Waals surface area contributed by atoms with E-state index in [2.05, 4.69) is 6.58 Å². The number of esters is 1. The summed E-state index contributed by atoms with van der Waals surface area (Å²) in [4.78, 5) is 23.2. The number of carboxylic acid groups (broad SMARTS) is 1. The molecule has 4 nitrogen and oxygen atoms in total. The molecule has 1 unspecified atom stereocenters. The molecule has 0 aromatic rings.